The van der Waals surface area contributed by atoms with Crippen LogP contribution >= 0.6 is 0 Å². The lowest BCUT2D eigenvalue weighted by Gasteiger charge is -2.07. The van der Waals surface area contributed by atoms with Gasteiger partial charge in [0.05, 0.1) is 10.6 Å². The summed E-state index contributed by atoms with van der Waals surface area (Å²) in [6.45, 7) is 5.18. The van der Waals surface area contributed by atoms with E-state index in [-0.39, 0.29) is 22.3 Å². The zero-order chi connectivity index (χ0) is 12.3. The molecule has 0 atom stereocenters. The van der Waals surface area contributed by atoms with Gasteiger partial charge < -0.3 is 0 Å². The Morgan fingerprint density at radius 2 is 1.69 bits per heavy atom. The Morgan fingerprint density at radius 1 is 1.19 bits per heavy atom. The Hall–Kier alpha value is -1.16. The van der Waals surface area contributed by atoms with E-state index >= 15 is 0 Å². The molecule has 1 aromatic carbocycles. The third-order valence-corrected chi connectivity index (χ3v) is 4.27. The molecule has 0 saturated carbocycles. The Labute approximate surface area is 96.4 Å². The normalized spacial score (nSPS) is 11.8. The van der Waals surface area contributed by atoms with E-state index in [0.717, 1.165) is 0 Å². The maximum Gasteiger partial charge on any atom is 0.178 e. The van der Waals surface area contributed by atoms with E-state index in [9.17, 15) is 13.2 Å². The maximum absolute atomic E-state index is 11.8. The van der Waals surface area contributed by atoms with Crippen molar-refractivity contribution in [3.05, 3.63) is 29.8 Å². The summed E-state index contributed by atoms with van der Waals surface area (Å²) in [6.07, 6.45) is 0. The summed E-state index contributed by atoms with van der Waals surface area (Å²) < 4.78 is 23.7. The topological polar surface area (TPSA) is 51.2 Å². The fraction of sp³-hybridized carbons (Fsp3) is 0.417. The fourth-order valence-corrected chi connectivity index (χ4v) is 3.05. The van der Waals surface area contributed by atoms with Crippen molar-refractivity contribution in [3.8, 4) is 0 Å². The van der Waals surface area contributed by atoms with Gasteiger partial charge in [0.1, 0.15) is 0 Å². The van der Waals surface area contributed by atoms with Crippen molar-refractivity contribution in [3.63, 3.8) is 0 Å². The lowest BCUT2D eigenvalue weighted by atomic mass is 10.2. The molecule has 4 heteroatoms. The summed E-state index contributed by atoms with van der Waals surface area (Å²) in [5.74, 6) is 0.164. The number of rotatable bonds is 4. The van der Waals surface area contributed by atoms with E-state index in [0.29, 0.717) is 5.56 Å². The van der Waals surface area contributed by atoms with Crippen LogP contribution in [0.3, 0.4) is 0 Å². The molecule has 0 unspecified atom stereocenters. The van der Waals surface area contributed by atoms with E-state index in [1.165, 1.54) is 19.1 Å². The fourth-order valence-electron chi connectivity index (χ4n) is 1.43. The smallest absolute Gasteiger partial charge is 0.178 e. The first-order chi connectivity index (χ1) is 7.33. The molecule has 3 nitrogen and oxygen atoms in total. The van der Waals surface area contributed by atoms with Crippen molar-refractivity contribution >= 4 is 15.6 Å². The van der Waals surface area contributed by atoms with Crippen LogP contribution in [0.2, 0.25) is 0 Å². The van der Waals surface area contributed by atoms with Gasteiger partial charge in [-0.25, -0.2) is 8.42 Å². The Bertz CT molecular complexity index is 469. The Balaban J connectivity index is 3.02. The summed E-state index contributed by atoms with van der Waals surface area (Å²) in [6, 6.07) is 6.09. The van der Waals surface area contributed by atoms with Crippen LogP contribution in [0, 0.1) is 5.92 Å². The molecule has 0 radical (unpaired) electrons. The number of carbonyl (C=O) groups excluding carboxylic acids is 1. The van der Waals surface area contributed by atoms with E-state index in [2.05, 4.69) is 0 Å². The number of carbonyl (C=O) groups is 1. The molecule has 0 aromatic heterocycles. The summed E-state index contributed by atoms with van der Waals surface area (Å²) >= 11 is 0. The minimum Gasteiger partial charge on any atom is -0.295 e. The van der Waals surface area contributed by atoms with Crippen molar-refractivity contribution in [2.45, 2.75) is 25.7 Å². The molecular weight excluding hydrogens is 224 g/mol. The molecule has 0 aliphatic rings. The number of hydrogen-bond acceptors (Lipinski definition) is 3. The van der Waals surface area contributed by atoms with Gasteiger partial charge in [0.15, 0.2) is 15.6 Å². The molecule has 0 heterocycles. The zero-order valence-electron chi connectivity index (χ0n) is 9.73. The van der Waals surface area contributed by atoms with Crippen molar-refractivity contribution in [1.29, 1.82) is 0 Å². The molecule has 1 rings (SSSR count). The quantitative estimate of drug-likeness (QED) is 0.759. The molecule has 1 aromatic rings. The van der Waals surface area contributed by atoms with E-state index in [1.54, 1.807) is 12.1 Å². The first-order valence-electron chi connectivity index (χ1n) is 5.16. The minimum absolute atomic E-state index is 0.0622. The number of ketones is 1. The number of benzene rings is 1. The van der Waals surface area contributed by atoms with Crippen LogP contribution in [0.15, 0.2) is 29.2 Å². The van der Waals surface area contributed by atoms with Crippen molar-refractivity contribution < 1.29 is 13.2 Å². The highest BCUT2D eigenvalue weighted by Crippen LogP contribution is 2.15. The predicted molar refractivity (Wildman–Crippen MR) is 63.3 cm³/mol. The molecular formula is C12H16O3S. The third kappa shape index (κ3) is 3.17. The molecule has 0 bridgehead atoms. The zero-order valence-corrected chi connectivity index (χ0v) is 10.5. The van der Waals surface area contributed by atoms with Crippen LogP contribution in [0.4, 0.5) is 0 Å². The molecule has 0 aliphatic carbocycles. The molecule has 88 valence electrons. The summed E-state index contributed by atoms with van der Waals surface area (Å²) in [5, 5.41) is 0. The van der Waals surface area contributed by atoms with Gasteiger partial charge in [-0.1, -0.05) is 26.0 Å². The van der Waals surface area contributed by atoms with Gasteiger partial charge in [0, 0.05) is 5.56 Å². The number of sulfone groups is 1. The molecule has 0 spiro atoms. The van der Waals surface area contributed by atoms with Crippen LogP contribution < -0.4 is 0 Å². The SMILES string of the molecule is CC(=O)c1ccc(S(=O)(=O)CC(C)C)cc1. The lowest BCUT2D eigenvalue weighted by Crippen LogP contribution is -2.11. The van der Waals surface area contributed by atoms with Crippen molar-refractivity contribution in [2.24, 2.45) is 5.92 Å². The van der Waals surface area contributed by atoms with Crippen LogP contribution in [0.25, 0.3) is 0 Å². The second kappa shape index (κ2) is 4.78. The second-order valence-electron chi connectivity index (χ2n) is 4.26. The molecule has 0 amide bonds. The maximum atomic E-state index is 11.8. The summed E-state index contributed by atoms with van der Waals surface area (Å²) in [7, 11) is -3.21. The first-order valence-corrected chi connectivity index (χ1v) is 6.82. The van der Waals surface area contributed by atoms with Crippen LogP contribution in [-0.2, 0) is 9.84 Å². The lowest BCUT2D eigenvalue weighted by molar-refractivity contribution is 0.101. The van der Waals surface area contributed by atoms with Gasteiger partial charge >= 0.3 is 0 Å². The minimum atomic E-state index is -3.21. The summed E-state index contributed by atoms with van der Waals surface area (Å²) in [5.41, 5.74) is 0.531. The standard InChI is InChI=1S/C12H16O3S/c1-9(2)8-16(14,15)12-6-4-11(5-7-12)10(3)13/h4-7,9H,8H2,1-3H3. The largest absolute Gasteiger partial charge is 0.295 e. The van der Waals surface area contributed by atoms with Gasteiger partial charge in [-0.15, -0.1) is 0 Å². The number of hydrogen-bond donors (Lipinski definition) is 0. The van der Waals surface area contributed by atoms with Gasteiger partial charge in [0.25, 0.3) is 0 Å². The first kappa shape index (κ1) is 12.9. The van der Waals surface area contributed by atoms with Gasteiger partial charge in [-0.2, -0.15) is 0 Å². The average Bonchev–Trinajstić information content (AvgIpc) is 2.16. The van der Waals surface area contributed by atoms with Gasteiger partial charge in [-0.05, 0) is 25.0 Å². The highest BCUT2D eigenvalue weighted by Gasteiger charge is 2.16. The van der Waals surface area contributed by atoms with Crippen LogP contribution in [0.1, 0.15) is 31.1 Å². The Morgan fingerprint density at radius 3 is 2.06 bits per heavy atom. The highest BCUT2D eigenvalue weighted by atomic mass is 32.2. The average molecular weight is 240 g/mol. The molecule has 0 aliphatic heterocycles. The highest BCUT2D eigenvalue weighted by molar-refractivity contribution is 7.91. The molecule has 0 fully saturated rings. The molecule has 0 N–H and O–H groups in total. The van der Waals surface area contributed by atoms with Crippen molar-refractivity contribution in [1.82, 2.24) is 0 Å². The molecule has 16 heavy (non-hydrogen) atoms. The second-order valence-corrected chi connectivity index (χ2v) is 6.29. The summed E-state index contributed by atoms with van der Waals surface area (Å²) in [4.78, 5) is 11.3. The van der Waals surface area contributed by atoms with Crippen LogP contribution in [-0.4, -0.2) is 20.0 Å². The predicted octanol–water partition coefficient (Wildman–Crippen LogP) is 2.32. The van der Waals surface area contributed by atoms with E-state index in [1.807, 2.05) is 13.8 Å². The number of Topliss-reactive ketones (excluding diaryl/α,β-unsaturated/α-hetero) is 1. The van der Waals surface area contributed by atoms with E-state index in [4.69, 9.17) is 0 Å². The monoisotopic (exact) mass is 240 g/mol. The van der Waals surface area contributed by atoms with Crippen molar-refractivity contribution in [2.75, 3.05) is 5.75 Å². The third-order valence-electron chi connectivity index (χ3n) is 2.17. The van der Waals surface area contributed by atoms with E-state index < -0.39 is 9.84 Å². The van der Waals surface area contributed by atoms with Gasteiger partial charge in [0.2, 0.25) is 0 Å². The Kier molecular flexibility index (Phi) is 3.86. The molecule has 0 saturated heterocycles. The van der Waals surface area contributed by atoms with Crippen LogP contribution in [0.5, 0.6) is 0 Å². The van der Waals surface area contributed by atoms with Gasteiger partial charge in [-0.3, -0.25) is 4.79 Å².